The van der Waals surface area contributed by atoms with Crippen molar-refractivity contribution in [2.24, 2.45) is 0 Å². The van der Waals surface area contributed by atoms with E-state index in [-0.39, 0.29) is 0 Å². The summed E-state index contributed by atoms with van der Waals surface area (Å²) in [5, 5.41) is 12.9. The normalized spacial score (nSPS) is 29.7. The highest BCUT2D eigenvalue weighted by atomic mass is 16.4. The maximum absolute atomic E-state index is 11.6. The standard InChI is InChI=1S/C14H27N3O2/c1-11-9-16(3)7-4-8-17(11)10-14(2,13(18)19)15-12-5-6-12/h11-12,15H,4-10H2,1-3H3,(H,18,19). The van der Waals surface area contributed by atoms with E-state index in [1.165, 1.54) is 0 Å². The summed E-state index contributed by atoms with van der Waals surface area (Å²) in [5.41, 5.74) is -0.821. The average Bonchev–Trinajstić information content (AvgIpc) is 3.11. The number of aliphatic carboxylic acids is 1. The minimum absolute atomic E-state index is 0.408. The number of rotatable bonds is 5. The van der Waals surface area contributed by atoms with E-state index in [0.29, 0.717) is 18.6 Å². The Labute approximate surface area is 115 Å². The average molecular weight is 269 g/mol. The Morgan fingerprint density at radius 3 is 2.68 bits per heavy atom. The van der Waals surface area contributed by atoms with Gasteiger partial charge >= 0.3 is 5.97 Å². The number of hydrogen-bond donors (Lipinski definition) is 2. The molecule has 1 saturated heterocycles. The lowest BCUT2D eigenvalue weighted by Crippen LogP contribution is -2.59. The first kappa shape index (κ1) is 14.8. The zero-order chi connectivity index (χ0) is 14.0. The van der Waals surface area contributed by atoms with Crippen LogP contribution in [0.2, 0.25) is 0 Å². The summed E-state index contributed by atoms with van der Waals surface area (Å²) in [5.74, 6) is -0.732. The van der Waals surface area contributed by atoms with Crippen LogP contribution in [0.3, 0.4) is 0 Å². The molecular formula is C14H27N3O2. The second kappa shape index (κ2) is 5.77. The lowest BCUT2D eigenvalue weighted by molar-refractivity contribution is -0.145. The third kappa shape index (κ3) is 3.91. The molecule has 5 nitrogen and oxygen atoms in total. The molecule has 0 bridgehead atoms. The molecule has 2 N–H and O–H groups in total. The van der Waals surface area contributed by atoms with E-state index in [4.69, 9.17) is 0 Å². The van der Waals surface area contributed by atoms with Crippen molar-refractivity contribution in [3.63, 3.8) is 0 Å². The van der Waals surface area contributed by atoms with E-state index in [2.05, 4.69) is 29.1 Å². The third-order valence-electron chi connectivity index (χ3n) is 4.28. The van der Waals surface area contributed by atoms with Crippen molar-refractivity contribution in [2.75, 3.05) is 33.2 Å². The molecule has 0 spiro atoms. The summed E-state index contributed by atoms with van der Waals surface area (Å²) < 4.78 is 0. The lowest BCUT2D eigenvalue weighted by atomic mass is 10.0. The molecule has 2 unspecified atom stereocenters. The molecule has 0 aromatic rings. The molecule has 110 valence electrons. The monoisotopic (exact) mass is 269 g/mol. The van der Waals surface area contributed by atoms with Gasteiger partial charge in [-0.2, -0.15) is 0 Å². The fourth-order valence-electron chi connectivity index (χ4n) is 2.92. The molecule has 1 heterocycles. The van der Waals surface area contributed by atoms with Gasteiger partial charge in [-0.25, -0.2) is 0 Å². The Morgan fingerprint density at radius 2 is 2.11 bits per heavy atom. The summed E-state index contributed by atoms with van der Waals surface area (Å²) >= 11 is 0. The number of likely N-dealkylation sites (N-methyl/N-ethyl adjacent to an activating group) is 1. The van der Waals surface area contributed by atoms with Crippen molar-refractivity contribution >= 4 is 5.97 Å². The molecule has 2 fully saturated rings. The zero-order valence-corrected chi connectivity index (χ0v) is 12.4. The van der Waals surface area contributed by atoms with Gasteiger partial charge in [0.05, 0.1) is 0 Å². The maximum atomic E-state index is 11.6. The molecule has 5 heteroatoms. The van der Waals surface area contributed by atoms with Gasteiger partial charge in [-0.05, 0) is 53.2 Å². The highest BCUT2D eigenvalue weighted by Gasteiger charge is 2.40. The predicted molar refractivity (Wildman–Crippen MR) is 75.3 cm³/mol. The van der Waals surface area contributed by atoms with Gasteiger partial charge in [0.25, 0.3) is 0 Å². The molecule has 0 aromatic heterocycles. The van der Waals surface area contributed by atoms with E-state index in [1.807, 2.05) is 6.92 Å². The van der Waals surface area contributed by atoms with Crippen LogP contribution in [-0.2, 0) is 4.79 Å². The zero-order valence-electron chi connectivity index (χ0n) is 12.4. The van der Waals surface area contributed by atoms with Crippen LogP contribution in [0.25, 0.3) is 0 Å². The summed E-state index contributed by atoms with van der Waals surface area (Å²) in [7, 11) is 2.14. The first-order valence-corrected chi connectivity index (χ1v) is 7.34. The number of nitrogens with one attached hydrogen (secondary N) is 1. The predicted octanol–water partition coefficient (Wildman–Crippen LogP) is 0.608. The van der Waals surface area contributed by atoms with Gasteiger partial charge in [-0.3, -0.25) is 15.0 Å². The van der Waals surface area contributed by atoms with Crippen LogP contribution in [0, 0.1) is 0 Å². The largest absolute Gasteiger partial charge is 0.480 e. The Kier molecular flexibility index (Phi) is 4.48. The van der Waals surface area contributed by atoms with Crippen molar-refractivity contribution in [1.29, 1.82) is 0 Å². The van der Waals surface area contributed by atoms with Crippen molar-refractivity contribution in [1.82, 2.24) is 15.1 Å². The minimum atomic E-state index is -0.821. The molecule has 2 atom stereocenters. The van der Waals surface area contributed by atoms with Gasteiger partial charge in [0.1, 0.15) is 5.54 Å². The van der Waals surface area contributed by atoms with Crippen LogP contribution >= 0.6 is 0 Å². The highest BCUT2D eigenvalue weighted by molar-refractivity contribution is 5.78. The SMILES string of the molecule is CC1CN(C)CCCN1CC(C)(NC1CC1)C(=O)O. The molecule has 1 aliphatic heterocycles. The maximum Gasteiger partial charge on any atom is 0.324 e. The van der Waals surface area contributed by atoms with Crippen LogP contribution in [0.5, 0.6) is 0 Å². The fraction of sp³-hybridized carbons (Fsp3) is 0.929. The number of carbonyl (C=O) groups is 1. The minimum Gasteiger partial charge on any atom is -0.480 e. The summed E-state index contributed by atoms with van der Waals surface area (Å²) in [6.45, 7) is 7.71. The van der Waals surface area contributed by atoms with Gasteiger partial charge in [0.15, 0.2) is 0 Å². The Balaban J connectivity index is 2.00. The Morgan fingerprint density at radius 1 is 1.42 bits per heavy atom. The molecule has 2 rings (SSSR count). The Bertz CT molecular complexity index is 333. The molecule has 1 aliphatic carbocycles. The second-order valence-electron chi connectivity index (χ2n) is 6.49. The smallest absolute Gasteiger partial charge is 0.324 e. The van der Waals surface area contributed by atoms with E-state index in [1.54, 1.807) is 0 Å². The Hall–Kier alpha value is -0.650. The van der Waals surface area contributed by atoms with Crippen LogP contribution in [0.15, 0.2) is 0 Å². The van der Waals surface area contributed by atoms with Crippen LogP contribution in [0.4, 0.5) is 0 Å². The summed E-state index contributed by atoms with van der Waals surface area (Å²) in [6.07, 6.45) is 3.34. The summed E-state index contributed by atoms with van der Waals surface area (Å²) in [6, 6.07) is 0.818. The van der Waals surface area contributed by atoms with Crippen LogP contribution in [0.1, 0.15) is 33.1 Å². The topological polar surface area (TPSA) is 55.8 Å². The number of carboxylic acid groups (broad SMARTS) is 1. The quantitative estimate of drug-likeness (QED) is 0.766. The van der Waals surface area contributed by atoms with Crippen LogP contribution < -0.4 is 5.32 Å². The van der Waals surface area contributed by atoms with E-state index < -0.39 is 11.5 Å². The number of carboxylic acids is 1. The first-order chi connectivity index (χ1) is 8.90. The van der Waals surface area contributed by atoms with E-state index in [9.17, 15) is 9.90 Å². The van der Waals surface area contributed by atoms with Gasteiger partial charge in [0, 0.05) is 25.2 Å². The van der Waals surface area contributed by atoms with Gasteiger partial charge in [-0.1, -0.05) is 0 Å². The van der Waals surface area contributed by atoms with Gasteiger partial charge in [0.2, 0.25) is 0 Å². The van der Waals surface area contributed by atoms with Crippen molar-refractivity contribution < 1.29 is 9.90 Å². The fourth-order valence-corrected chi connectivity index (χ4v) is 2.92. The second-order valence-corrected chi connectivity index (χ2v) is 6.49. The summed E-state index contributed by atoms with van der Waals surface area (Å²) in [4.78, 5) is 16.3. The van der Waals surface area contributed by atoms with Crippen molar-refractivity contribution in [3.05, 3.63) is 0 Å². The number of nitrogens with zero attached hydrogens (tertiary/aromatic N) is 2. The third-order valence-corrected chi connectivity index (χ3v) is 4.28. The first-order valence-electron chi connectivity index (χ1n) is 7.34. The van der Waals surface area contributed by atoms with Crippen molar-refractivity contribution in [3.8, 4) is 0 Å². The molecule has 0 aromatic carbocycles. The van der Waals surface area contributed by atoms with Gasteiger partial charge < -0.3 is 10.0 Å². The molecule has 0 amide bonds. The molecule has 0 radical (unpaired) electrons. The molecule has 19 heavy (non-hydrogen) atoms. The molecule has 2 aliphatic rings. The van der Waals surface area contributed by atoms with E-state index in [0.717, 1.165) is 38.9 Å². The van der Waals surface area contributed by atoms with Crippen molar-refractivity contribution in [2.45, 2.75) is 50.7 Å². The number of hydrogen-bond acceptors (Lipinski definition) is 4. The molecular weight excluding hydrogens is 242 g/mol. The highest BCUT2D eigenvalue weighted by Crippen LogP contribution is 2.24. The van der Waals surface area contributed by atoms with Crippen LogP contribution in [-0.4, -0.2) is 71.7 Å². The van der Waals surface area contributed by atoms with Gasteiger partial charge in [-0.15, -0.1) is 0 Å². The van der Waals surface area contributed by atoms with E-state index >= 15 is 0 Å². The molecule has 1 saturated carbocycles. The lowest BCUT2D eigenvalue weighted by Gasteiger charge is -2.36.